The summed E-state index contributed by atoms with van der Waals surface area (Å²) in [7, 11) is 1.92. The number of nitrogens with one attached hydrogen (secondary N) is 1. The van der Waals surface area contributed by atoms with Crippen molar-refractivity contribution in [2.45, 2.75) is 25.2 Å². The van der Waals surface area contributed by atoms with Crippen LogP contribution in [0.5, 0.6) is 5.75 Å². The number of fused-ring (bicyclic) bond motifs is 1. The molecule has 0 aliphatic heterocycles. The maximum absolute atomic E-state index is 11.8. The van der Waals surface area contributed by atoms with Gasteiger partial charge in [-0.1, -0.05) is 6.07 Å². The molecular weight excluding hydrogens is 259 g/mol. The van der Waals surface area contributed by atoms with Gasteiger partial charge in [-0.2, -0.15) is 0 Å². The lowest BCUT2D eigenvalue weighted by atomic mass is 10.1. The van der Waals surface area contributed by atoms with Crippen LogP contribution in [0.15, 0.2) is 18.2 Å². The molecule has 1 aromatic rings. The fraction of sp³-hybridized carbons (Fsp3) is 0.538. The quantitative estimate of drug-likeness (QED) is 0.838. The van der Waals surface area contributed by atoms with E-state index < -0.39 is 13.0 Å². The summed E-state index contributed by atoms with van der Waals surface area (Å²) < 4.78 is 44.2. The number of alkyl halides is 3. The Balaban J connectivity index is 1.86. The van der Waals surface area contributed by atoms with E-state index in [4.69, 9.17) is 4.74 Å². The molecule has 1 N–H and O–H groups in total. The summed E-state index contributed by atoms with van der Waals surface area (Å²) in [4.78, 5) is 0. The summed E-state index contributed by atoms with van der Waals surface area (Å²) in [6.45, 7) is -0.618. The van der Waals surface area contributed by atoms with E-state index in [2.05, 4.69) is 10.1 Å². The predicted molar refractivity (Wildman–Crippen MR) is 64.1 cm³/mol. The Hall–Kier alpha value is -1.27. The first-order valence-corrected chi connectivity index (χ1v) is 6.13. The second-order valence-electron chi connectivity index (χ2n) is 4.38. The van der Waals surface area contributed by atoms with E-state index in [0.717, 1.165) is 12.8 Å². The highest BCUT2D eigenvalue weighted by Crippen LogP contribution is 2.33. The number of benzene rings is 1. The zero-order valence-electron chi connectivity index (χ0n) is 10.6. The van der Waals surface area contributed by atoms with Crippen LogP contribution in [0.3, 0.4) is 0 Å². The summed E-state index contributed by atoms with van der Waals surface area (Å²) in [6.07, 6.45) is -2.61. The molecule has 6 heteroatoms. The van der Waals surface area contributed by atoms with Crippen LogP contribution in [0.4, 0.5) is 13.2 Å². The zero-order valence-corrected chi connectivity index (χ0v) is 10.6. The van der Waals surface area contributed by atoms with Gasteiger partial charge in [-0.15, -0.1) is 13.2 Å². The summed E-state index contributed by atoms with van der Waals surface area (Å²) >= 11 is 0. The molecule has 1 aliphatic rings. The van der Waals surface area contributed by atoms with Crippen molar-refractivity contribution in [3.05, 3.63) is 29.3 Å². The van der Waals surface area contributed by atoms with Gasteiger partial charge in [0.25, 0.3) is 0 Å². The maximum atomic E-state index is 11.8. The zero-order chi connectivity index (χ0) is 13.9. The Labute approximate surface area is 109 Å². The van der Waals surface area contributed by atoms with Crippen LogP contribution in [-0.4, -0.2) is 26.6 Å². The second-order valence-corrected chi connectivity index (χ2v) is 4.38. The number of aryl methyl sites for hydroxylation is 1. The molecule has 1 aromatic carbocycles. The summed E-state index contributed by atoms with van der Waals surface area (Å²) in [6, 6.07) is 5.99. The SMILES string of the molecule is CNC1CCc2cc(OCCOC(F)(F)F)ccc21. The van der Waals surface area contributed by atoms with Crippen LogP contribution in [0.25, 0.3) is 0 Å². The van der Waals surface area contributed by atoms with Gasteiger partial charge in [0.15, 0.2) is 0 Å². The monoisotopic (exact) mass is 275 g/mol. The Morgan fingerprint density at radius 3 is 2.79 bits per heavy atom. The Bertz CT molecular complexity index is 434. The van der Waals surface area contributed by atoms with Crippen molar-refractivity contribution in [1.82, 2.24) is 5.32 Å². The van der Waals surface area contributed by atoms with Crippen LogP contribution in [0.2, 0.25) is 0 Å². The molecule has 1 atom stereocenters. The van der Waals surface area contributed by atoms with Gasteiger partial charge in [-0.05, 0) is 43.1 Å². The van der Waals surface area contributed by atoms with Crippen molar-refractivity contribution in [1.29, 1.82) is 0 Å². The molecule has 106 valence electrons. The topological polar surface area (TPSA) is 30.5 Å². The van der Waals surface area contributed by atoms with Crippen LogP contribution >= 0.6 is 0 Å². The van der Waals surface area contributed by atoms with Gasteiger partial charge in [0, 0.05) is 6.04 Å². The molecule has 19 heavy (non-hydrogen) atoms. The van der Waals surface area contributed by atoms with Crippen molar-refractivity contribution in [2.24, 2.45) is 0 Å². The average Bonchev–Trinajstić information content (AvgIpc) is 2.75. The summed E-state index contributed by atoms with van der Waals surface area (Å²) in [5.74, 6) is 0.585. The number of hydrogen-bond acceptors (Lipinski definition) is 3. The lowest BCUT2D eigenvalue weighted by molar-refractivity contribution is -0.325. The van der Waals surface area contributed by atoms with Crippen molar-refractivity contribution >= 4 is 0 Å². The van der Waals surface area contributed by atoms with E-state index in [0.29, 0.717) is 11.8 Å². The standard InChI is InChI=1S/C13H16F3NO2/c1-17-12-5-2-9-8-10(3-4-11(9)12)18-6-7-19-13(14,15)16/h3-4,8,12,17H,2,5-7H2,1H3. The third-order valence-electron chi connectivity index (χ3n) is 3.16. The molecule has 2 rings (SSSR count). The molecule has 0 fully saturated rings. The number of ether oxygens (including phenoxy) is 2. The largest absolute Gasteiger partial charge is 0.522 e. The average molecular weight is 275 g/mol. The lowest BCUT2D eigenvalue weighted by Gasteiger charge is -2.12. The minimum atomic E-state index is -4.60. The van der Waals surface area contributed by atoms with E-state index in [1.54, 1.807) is 6.07 Å². The highest BCUT2D eigenvalue weighted by atomic mass is 19.4. The van der Waals surface area contributed by atoms with Crippen LogP contribution in [-0.2, 0) is 11.2 Å². The molecule has 0 radical (unpaired) electrons. The third kappa shape index (κ3) is 3.84. The molecule has 0 saturated carbocycles. The molecule has 0 amide bonds. The molecule has 0 spiro atoms. The van der Waals surface area contributed by atoms with Gasteiger partial charge in [0.2, 0.25) is 0 Å². The van der Waals surface area contributed by atoms with Crippen molar-refractivity contribution < 1.29 is 22.6 Å². The normalized spacial score (nSPS) is 18.4. The number of halogens is 3. The van der Waals surface area contributed by atoms with E-state index in [1.807, 2.05) is 19.2 Å². The molecular formula is C13H16F3NO2. The minimum absolute atomic E-state index is 0.117. The third-order valence-corrected chi connectivity index (χ3v) is 3.16. The fourth-order valence-corrected chi connectivity index (χ4v) is 2.30. The molecule has 0 heterocycles. The van der Waals surface area contributed by atoms with Crippen LogP contribution in [0.1, 0.15) is 23.6 Å². The number of rotatable bonds is 5. The lowest BCUT2D eigenvalue weighted by Crippen LogP contribution is -2.18. The maximum Gasteiger partial charge on any atom is 0.522 e. The van der Waals surface area contributed by atoms with Gasteiger partial charge in [0.1, 0.15) is 12.4 Å². The highest BCUT2D eigenvalue weighted by Gasteiger charge is 2.28. The summed E-state index contributed by atoms with van der Waals surface area (Å²) in [5, 5.41) is 3.22. The predicted octanol–water partition coefficient (Wildman–Crippen LogP) is 2.81. The Morgan fingerprint density at radius 1 is 1.32 bits per heavy atom. The van der Waals surface area contributed by atoms with E-state index in [1.165, 1.54) is 11.1 Å². The first-order chi connectivity index (χ1) is 8.99. The first kappa shape index (κ1) is 14.1. The molecule has 1 aliphatic carbocycles. The van der Waals surface area contributed by atoms with E-state index in [9.17, 15) is 13.2 Å². The van der Waals surface area contributed by atoms with Gasteiger partial charge >= 0.3 is 6.36 Å². The van der Waals surface area contributed by atoms with Crippen LogP contribution < -0.4 is 10.1 Å². The number of hydrogen-bond donors (Lipinski definition) is 1. The van der Waals surface area contributed by atoms with E-state index >= 15 is 0 Å². The minimum Gasteiger partial charge on any atom is -0.491 e. The van der Waals surface area contributed by atoms with Crippen LogP contribution in [0, 0.1) is 0 Å². The van der Waals surface area contributed by atoms with Gasteiger partial charge in [-0.25, -0.2) is 0 Å². The molecule has 0 bridgehead atoms. The Kier molecular flexibility index (Phi) is 4.31. The van der Waals surface area contributed by atoms with Crippen molar-refractivity contribution in [3.63, 3.8) is 0 Å². The smallest absolute Gasteiger partial charge is 0.491 e. The van der Waals surface area contributed by atoms with Gasteiger partial charge in [0.05, 0.1) is 6.61 Å². The molecule has 3 nitrogen and oxygen atoms in total. The molecule has 1 unspecified atom stereocenters. The summed E-state index contributed by atoms with van der Waals surface area (Å²) in [5.41, 5.74) is 2.43. The van der Waals surface area contributed by atoms with Crippen molar-refractivity contribution in [2.75, 3.05) is 20.3 Å². The second kappa shape index (κ2) is 5.79. The highest BCUT2D eigenvalue weighted by molar-refractivity contribution is 5.40. The van der Waals surface area contributed by atoms with Gasteiger partial charge in [-0.3, -0.25) is 4.74 Å². The molecule has 0 saturated heterocycles. The van der Waals surface area contributed by atoms with Gasteiger partial charge < -0.3 is 10.1 Å². The first-order valence-electron chi connectivity index (χ1n) is 6.13. The molecule has 0 aromatic heterocycles. The van der Waals surface area contributed by atoms with E-state index in [-0.39, 0.29) is 6.61 Å². The fourth-order valence-electron chi connectivity index (χ4n) is 2.30. The van der Waals surface area contributed by atoms with Crippen molar-refractivity contribution in [3.8, 4) is 5.75 Å². The Morgan fingerprint density at radius 2 is 2.11 bits per heavy atom.